The number of ether oxygens (including phenoxy) is 1. The summed E-state index contributed by atoms with van der Waals surface area (Å²) in [6.45, 7) is 4.26. The van der Waals surface area contributed by atoms with Gasteiger partial charge in [-0.15, -0.1) is 10.2 Å². The van der Waals surface area contributed by atoms with Crippen molar-refractivity contribution < 1.29 is 18.7 Å². The molecule has 1 saturated heterocycles. The van der Waals surface area contributed by atoms with Crippen LogP contribution in [0.1, 0.15) is 30.2 Å². The molecule has 2 aromatic heterocycles. The third-order valence-corrected chi connectivity index (χ3v) is 6.54. The first kappa shape index (κ1) is 23.2. The Labute approximate surface area is 207 Å². The summed E-state index contributed by atoms with van der Waals surface area (Å²) in [5.41, 5.74) is 1.84. The number of aliphatic hydroxyl groups excluding tert-OH is 1. The van der Waals surface area contributed by atoms with Crippen LogP contribution in [0.3, 0.4) is 0 Å². The fourth-order valence-corrected chi connectivity index (χ4v) is 5.00. The lowest BCUT2D eigenvalue weighted by molar-refractivity contribution is 0.0599. The normalized spacial score (nSPS) is 16.2. The minimum atomic E-state index is -0.614. The van der Waals surface area contributed by atoms with Gasteiger partial charge in [0.25, 0.3) is 5.89 Å². The molecule has 0 amide bonds. The number of aromatic nitrogens is 2. The number of hydrogen-bond acceptors (Lipinski definition) is 7. The van der Waals surface area contributed by atoms with Crippen LogP contribution in [0.25, 0.3) is 22.6 Å². The predicted molar refractivity (Wildman–Crippen MR) is 131 cm³/mol. The van der Waals surface area contributed by atoms with E-state index in [1.54, 1.807) is 13.0 Å². The molecule has 7 nitrogen and oxygen atoms in total. The highest BCUT2D eigenvalue weighted by molar-refractivity contribution is 6.34. The van der Waals surface area contributed by atoms with E-state index in [1.807, 2.05) is 36.4 Å². The van der Waals surface area contributed by atoms with Gasteiger partial charge in [-0.1, -0.05) is 29.3 Å². The number of fused-ring (bicyclic) bond motifs is 1. The quantitative estimate of drug-likeness (QED) is 0.346. The Morgan fingerprint density at radius 3 is 2.56 bits per heavy atom. The van der Waals surface area contributed by atoms with Crippen LogP contribution in [0, 0.1) is 6.92 Å². The van der Waals surface area contributed by atoms with Crippen molar-refractivity contribution in [2.75, 3.05) is 26.2 Å². The van der Waals surface area contributed by atoms with Gasteiger partial charge in [0.1, 0.15) is 24.0 Å². The minimum Gasteiger partial charge on any atom is -0.490 e. The first-order chi connectivity index (χ1) is 16.4. The van der Waals surface area contributed by atoms with E-state index in [0.29, 0.717) is 51.4 Å². The smallest absolute Gasteiger partial charge is 0.283 e. The maximum atomic E-state index is 10.6. The van der Waals surface area contributed by atoms with Gasteiger partial charge in [0.05, 0.1) is 5.39 Å². The van der Waals surface area contributed by atoms with Gasteiger partial charge in [-0.25, -0.2) is 0 Å². The highest BCUT2D eigenvalue weighted by atomic mass is 35.5. The van der Waals surface area contributed by atoms with Crippen LogP contribution in [-0.4, -0.2) is 52.5 Å². The van der Waals surface area contributed by atoms with E-state index in [2.05, 4.69) is 15.1 Å². The van der Waals surface area contributed by atoms with Crippen LogP contribution < -0.4 is 4.74 Å². The molecule has 5 rings (SSSR count). The second-order valence-electron chi connectivity index (χ2n) is 8.65. The molecular formula is C25H25Cl2N3O4. The molecule has 0 radical (unpaired) electrons. The summed E-state index contributed by atoms with van der Waals surface area (Å²) in [5, 5.41) is 20.6. The fraction of sp³-hybridized carbons (Fsp3) is 0.360. The first-order valence-electron chi connectivity index (χ1n) is 11.3. The molecule has 0 saturated carbocycles. The van der Waals surface area contributed by atoms with Crippen molar-refractivity contribution >= 4 is 34.2 Å². The van der Waals surface area contributed by atoms with Gasteiger partial charge in [0.2, 0.25) is 5.89 Å². The largest absolute Gasteiger partial charge is 0.490 e. The maximum Gasteiger partial charge on any atom is 0.283 e. The SMILES string of the molecule is Cc1nnc(-c2cc3c(OC[C@@H](O)CN4CCC(c5cc(Cl)cc(Cl)c5)CC4)cccc3o2)o1. The van der Waals surface area contributed by atoms with E-state index in [9.17, 15) is 5.11 Å². The average Bonchev–Trinajstić information content (AvgIpc) is 3.44. The third-order valence-electron chi connectivity index (χ3n) is 6.10. The van der Waals surface area contributed by atoms with Crippen molar-refractivity contribution in [3.63, 3.8) is 0 Å². The third kappa shape index (κ3) is 5.23. The second kappa shape index (κ2) is 9.96. The highest BCUT2D eigenvalue weighted by Gasteiger charge is 2.23. The van der Waals surface area contributed by atoms with Crippen LogP contribution in [-0.2, 0) is 0 Å². The van der Waals surface area contributed by atoms with Crippen molar-refractivity contribution in [1.29, 1.82) is 0 Å². The molecule has 0 spiro atoms. The molecule has 178 valence electrons. The number of β-amino-alcohol motifs (C(OH)–C–C–N with tert-alkyl or cyclic N) is 1. The lowest BCUT2D eigenvalue weighted by atomic mass is 9.89. The van der Waals surface area contributed by atoms with E-state index in [1.165, 1.54) is 5.56 Å². The Hall–Kier alpha value is -2.58. The van der Waals surface area contributed by atoms with Gasteiger partial charge >= 0.3 is 0 Å². The molecule has 0 unspecified atom stereocenters. The van der Waals surface area contributed by atoms with E-state index in [4.69, 9.17) is 36.8 Å². The molecule has 1 fully saturated rings. The standard InChI is InChI=1S/C25H25Cl2N3O4/c1-15-28-29-25(33-15)24-12-21-22(3-2-4-23(21)34-24)32-14-20(31)13-30-7-5-16(6-8-30)17-9-18(26)11-19(27)10-17/h2-4,9-12,16,20,31H,5-8,13-14H2,1H3/t20-/m0/s1. The van der Waals surface area contributed by atoms with Gasteiger partial charge in [-0.3, -0.25) is 0 Å². The molecule has 1 atom stereocenters. The molecule has 1 aliphatic rings. The number of halogens is 2. The molecule has 1 aliphatic heterocycles. The minimum absolute atomic E-state index is 0.184. The summed E-state index contributed by atoms with van der Waals surface area (Å²) in [6.07, 6.45) is 1.38. The molecule has 0 bridgehead atoms. The maximum absolute atomic E-state index is 10.6. The molecular weight excluding hydrogens is 477 g/mol. The van der Waals surface area contributed by atoms with Crippen LogP contribution in [0.5, 0.6) is 5.75 Å². The zero-order chi connectivity index (χ0) is 23.7. The van der Waals surface area contributed by atoms with E-state index in [0.717, 1.165) is 31.3 Å². The molecule has 0 aliphatic carbocycles. The summed E-state index contributed by atoms with van der Waals surface area (Å²) in [5.74, 6) is 2.34. The molecule has 2 aromatic carbocycles. The number of rotatable bonds is 7. The first-order valence-corrected chi connectivity index (χ1v) is 12.0. The van der Waals surface area contributed by atoms with E-state index >= 15 is 0 Å². The van der Waals surface area contributed by atoms with Crippen molar-refractivity contribution in [1.82, 2.24) is 15.1 Å². The van der Waals surface area contributed by atoms with Crippen LogP contribution in [0.15, 0.2) is 51.3 Å². The van der Waals surface area contributed by atoms with Crippen molar-refractivity contribution in [2.45, 2.75) is 31.8 Å². The predicted octanol–water partition coefficient (Wildman–Crippen LogP) is 5.72. The number of furan rings is 1. The number of piperidine rings is 1. The van der Waals surface area contributed by atoms with E-state index < -0.39 is 6.10 Å². The highest BCUT2D eigenvalue weighted by Crippen LogP contribution is 2.34. The summed E-state index contributed by atoms with van der Waals surface area (Å²) in [4.78, 5) is 2.27. The summed E-state index contributed by atoms with van der Waals surface area (Å²) >= 11 is 12.3. The number of nitrogens with zero attached hydrogens (tertiary/aromatic N) is 3. The summed E-state index contributed by atoms with van der Waals surface area (Å²) in [7, 11) is 0. The Morgan fingerprint density at radius 2 is 1.85 bits per heavy atom. The lowest BCUT2D eigenvalue weighted by Crippen LogP contribution is -2.40. The molecule has 9 heteroatoms. The van der Waals surface area contributed by atoms with Crippen LogP contribution >= 0.6 is 23.2 Å². The Kier molecular flexibility index (Phi) is 6.79. The van der Waals surface area contributed by atoms with Gasteiger partial charge in [0, 0.05) is 29.6 Å². The molecule has 34 heavy (non-hydrogen) atoms. The molecule has 4 aromatic rings. The Bertz CT molecular complexity index is 1260. The fourth-order valence-electron chi connectivity index (χ4n) is 4.46. The summed E-state index contributed by atoms with van der Waals surface area (Å²) < 4.78 is 17.2. The number of likely N-dealkylation sites (tertiary alicyclic amines) is 1. The van der Waals surface area contributed by atoms with Gasteiger partial charge in [-0.2, -0.15) is 0 Å². The number of aryl methyl sites for hydroxylation is 1. The van der Waals surface area contributed by atoms with Gasteiger partial charge in [-0.05, 0) is 67.7 Å². The molecule has 3 heterocycles. The summed E-state index contributed by atoms with van der Waals surface area (Å²) in [6, 6.07) is 13.1. The van der Waals surface area contributed by atoms with Crippen molar-refractivity contribution in [2.24, 2.45) is 0 Å². The number of hydrogen-bond donors (Lipinski definition) is 1. The van der Waals surface area contributed by atoms with Gasteiger partial charge < -0.3 is 23.6 Å². The number of aliphatic hydroxyl groups is 1. The number of benzene rings is 2. The monoisotopic (exact) mass is 501 g/mol. The average molecular weight is 502 g/mol. The topological polar surface area (TPSA) is 84.8 Å². The van der Waals surface area contributed by atoms with Crippen LogP contribution in [0.4, 0.5) is 0 Å². The van der Waals surface area contributed by atoms with Crippen molar-refractivity contribution in [3.8, 4) is 17.4 Å². The molecule has 1 N–H and O–H groups in total. The van der Waals surface area contributed by atoms with Crippen LogP contribution in [0.2, 0.25) is 10.0 Å². The second-order valence-corrected chi connectivity index (χ2v) is 9.52. The Morgan fingerprint density at radius 1 is 1.09 bits per heavy atom. The zero-order valence-corrected chi connectivity index (χ0v) is 20.2. The van der Waals surface area contributed by atoms with Crippen molar-refractivity contribution in [3.05, 3.63) is 64.0 Å². The van der Waals surface area contributed by atoms with Gasteiger partial charge in [0.15, 0.2) is 5.76 Å². The zero-order valence-electron chi connectivity index (χ0n) is 18.7. The van der Waals surface area contributed by atoms with E-state index in [-0.39, 0.29) is 6.61 Å². The lowest BCUT2D eigenvalue weighted by Gasteiger charge is -2.33. The Balaban J connectivity index is 1.16.